The molecular formula is C19H23N5O2S. The third-order valence-corrected chi connectivity index (χ3v) is 5.07. The number of hydrogen-bond acceptors (Lipinski definition) is 6. The number of methoxy groups -OCH3 is 1. The SMILES string of the molecule is CCCCN(C)C(=O)c1cnn(-c2nccc(-c3cccs3)n2)c1COC. The molecule has 0 aliphatic heterocycles. The van der Waals surface area contributed by atoms with Gasteiger partial charge in [0, 0.05) is 26.9 Å². The normalized spacial score (nSPS) is 10.9. The van der Waals surface area contributed by atoms with Gasteiger partial charge in [-0.2, -0.15) is 9.78 Å². The molecule has 0 fully saturated rings. The second kappa shape index (κ2) is 8.88. The second-order valence-electron chi connectivity index (χ2n) is 6.15. The first kappa shape index (κ1) is 19.2. The molecule has 0 spiro atoms. The first-order valence-electron chi connectivity index (χ1n) is 8.84. The molecule has 0 N–H and O–H groups in total. The molecule has 0 unspecified atom stereocenters. The lowest BCUT2D eigenvalue weighted by Gasteiger charge is -2.17. The maximum Gasteiger partial charge on any atom is 0.257 e. The quantitative estimate of drug-likeness (QED) is 0.594. The van der Waals surface area contributed by atoms with Crippen molar-refractivity contribution < 1.29 is 9.53 Å². The van der Waals surface area contributed by atoms with E-state index in [0.717, 1.165) is 23.4 Å². The fourth-order valence-electron chi connectivity index (χ4n) is 2.71. The lowest BCUT2D eigenvalue weighted by molar-refractivity contribution is 0.0788. The van der Waals surface area contributed by atoms with Crippen LogP contribution in [0.5, 0.6) is 0 Å². The molecule has 0 saturated heterocycles. The molecule has 3 rings (SSSR count). The van der Waals surface area contributed by atoms with Gasteiger partial charge in [-0.25, -0.2) is 9.97 Å². The molecule has 0 atom stereocenters. The van der Waals surface area contributed by atoms with Gasteiger partial charge in [-0.05, 0) is 23.9 Å². The average molecular weight is 385 g/mol. The Labute approximate surface area is 162 Å². The highest BCUT2D eigenvalue weighted by molar-refractivity contribution is 7.13. The first-order chi connectivity index (χ1) is 13.2. The number of hydrogen-bond donors (Lipinski definition) is 0. The van der Waals surface area contributed by atoms with Crippen molar-refractivity contribution in [2.75, 3.05) is 20.7 Å². The van der Waals surface area contributed by atoms with Crippen LogP contribution in [0.2, 0.25) is 0 Å². The van der Waals surface area contributed by atoms with Gasteiger partial charge in [0.2, 0.25) is 0 Å². The van der Waals surface area contributed by atoms with Gasteiger partial charge in [0.05, 0.1) is 34.6 Å². The summed E-state index contributed by atoms with van der Waals surface area (Å²) < 4.78 is 6.90. The van der Waals surface area contributed by atoms with E-state index < -0.39 is 0 Å². The highest BCUT2D eigenvalue weighted by Crippen LogP contribution is 2.23. The van der Waals surface area contributed by atoms with E-state index >= 15 is 0 Å². The van der Waals surface area contributed by atoms with E-state index in [1.54, 1.807) is 47.5 Å². The molecular weight excluding hydrogens is 362 g/mol. The van der Waals surface area contributed by atoms with Crippen LogP contribution >= 0.6 is 11.3 Å². The zero-order chi connectivity index (χ0) is 19.2. The minimum Gasteiger partial charge on any atom is -0.378 e. The van der Waals surface area contributed by atoms with Gasteiger partial charge in [0.15, 0.2) is 0 Å². The molecule has 0 aromatic carbocycles. The largest absolute Gasteiger partial charge is 0.378 e. The molecule has 142 valence electrons. The third kappa shape index (κ3) is 4.23. The molecule has 3 aromatic heterocycles. The maximum absolute atomic E-state index is 12.8. The monoisotopic (exact) mass is 385 g/mol. The van der Waals surface area contributed by atoms with Crippen LogP contribution in [0.4, 0.5) is 0 Å². The fourth-order valence-corrected chi connectivity index (χ4v) is 3.41. The van der Waals surface area contributed by atoms with E-state index in [1.165, 1.54) is 0 Å². The highest BCUT2D eigenvalue weighted by Gasteiger charge is 2.22. The zero-order valence-corrected chi connectivity index (χ0v) is 16.6. The summed E-state index contributed by atoms with van der Waals surface area (Å²) in [5.74, 6) is 0.347. The number of amides is 1. The predicted octanol–water partition coefficient (Wildman–Crippen LogP) is 3.41. The minimum absolute atomic E-state index is 0.0730. The molecule has 1 amide bonds. The number of carbonyl (C=O) groups is 1. The van der Waals surface area contributed by atoms with Crippen LogP contribution in [-0.4, -0.2) is 51.3 Å². The summed E-state index contributed by atoms with van der Waals surface area (Å²) in [5.41, 5.74) is 1.98. The molecule has 7 nitrogen and oxygen atoms in total. The van der Waals surface area contributed by atoms with Crippen molar-refractivity contribution in [1.29, 1.82) is 0 Å². The first-order valence-corrected chi connectivity index (χ1v) is 9.72. The summed E-state index contributed by atoms with van der Waals surface area (Å²) in [7, 11) is 3.40. The van der Waals surface area contributed by atoms with E-state index in [4.69, 9.17) is 4.74 Å². The molecule has 3 heterocycles. The second-order valence-corrected chi connectivity index (χ2v) is 7.10. The van der Waals surface area contributed by atoms with Gasteiger partial charge in [0.1, 0.15) is 0 Å². The number of aromatic nitrogens is 4. The number of ether oxygens (including phenoxy) is 1. The number of carbonyl (C=O) groups excluding carboxylic acids is 1. The Morgan fingerprint density at radius 3 is 2.93 bits per heavy atom. The Bertz CT molecular complexity index is 891. The van der Waals surface area contributed by atoms with Crippen molar-refractivity contribution in [3.8, 4) is 16.5 Å². The number of nitrogens with zero attached hydrogens (tertiary/aromatic N) is 5. The highest BCUT2D eigenvalue weighted by atomic mass is 32.1. The van der Waals surface area contributed by atoms with Crippen LogP contribution in [-0.2, 0) is 11.3 Å². The lowest BCUT2D eigenvalue weighted by Crippen LogP contribution is -2.28. The summed E-state index contributed by atoms with van der Waals surface area (Å²) in [6, 6.07) is 5.85. The van der Waals surface area contributed by atoms with E-state index in [0.29, 0.717) is 23.8 Å². The Morgan fingerprint density at radius 1 is 1.37 bits per heavy atom. The van der Waals surface area contributed by atoms with Crippen molar-refractivity contribution in [2.24, 2.45) is 0 Å². The van der Waals surface area contributed by atoms with E-state index in [2.05, 4.69) is 22.0 Å². The summed E-state index contributed by atoms with van der Waals surface area (Å²) in [6.07, 6.45) is 5.26. The van der Waals surface area contributed by atoms with Crippen molar-refractivity contribution in [1.82, 2.24) is 24.6 Å². The average Bonchev–Trinajstić information content (AvgIpc) is 3.36. The van der Waals surface area contributed by atoms with Crippen LogP contribution in [0.1, 0.15) is 35.8 Å². The lowest BCUT2D eigenvalue weighted by atomic mass is 10.2. The minimum atomic E-state index is -0.0730. The van der Waals surface area contributed by atoms with E-state index in [9.17, 15) is 4.79 Å². The molecule has 0 saturated carbocycles. The van der Waals surface area contributed by atoms with Gasteiger partial charge in [0.25, 0.3) is 11.9 Å². The van der Waals surface area contributed by atoms with Crippen molar-refractivity contribution in [3.05, 3.63) is 47.2 Å². The predicted molar refractivity (Wildman–Crippen MR) is 105 cm³/mol. The van der Waals surface area contributed by atoms with Gasteiger partial charge in [-0.15, -0.1) is 11.3 Å². The number of rotatable bonds is 8. The topological polar surface area (TPSA) is 73.1 Å². The smallest absolute Gasteiger partial charge is 0.257 e. The van der Waals surface area contributed by atoms with E-state index in [1.807, 2.05) is 23.6 Å². The van der Waals surface area contributed by atoms with Crippen LogP contribution in [0.25, 0.3) is 16.5 Å². The van der Waals surface area contributed by atoms with Crippen molar-refractivity contribution in [2.45, 2.75) is 26.4 Å². The fraction of sp³-hybridized carbons (Fsp3) is 0.368. The van der Waals surface area contributed by atoms with Crippen LogP contribution < -0.4 is 0 Å². The summed E-state index contributed by atoms with van der Waals surface area (Å²) in [6.45, 7) is 3.05. The zero-order valence-electron chi connectivity index (χ0n) is 15.8. The summed E-state index contributed by atoms with van der Waals surface area (Å²) in [5, 5.41) is 6.38. The van der Waals surface area contributed by atoms with Crippen LogP contribution in [0.3, 0.4) is 0 Å². The van der Waals surface area contributed by atoms with Gasteiger partial charge < -0.3 is 9.64 Å². The maximum atomic E-state index is 12.8. The molecule has 0 bridgehead atoms. The summed E-state index contributed by atoms with van der Waals surface area (Å²) >= 11 is 1.61. The standard InChI is InChI=1S/C19H23N5O2S/c1-4-5-10-23(2)18(25)14-12-21-24(16(14)13-26-3)19-20-9-8-15(22-19)17-7-6-11-27-17/h6-9,11-12H,4-5,10,13H2,1-3H3. The third-order valence-electron chi connectivity index (χ3n) is 4.18. The molecule has 3 aromatic rings. The van der Waals surface area contributed by atoms with Gasteiger partial charge in [-0.3, -0.25) is 4.79 Å². The number of unbranched alkanes of at least 4 members (excludes halogenated alkanes) is 1. The van der Waals surface area contributed by atoms with Crippen molar-refractivity contribution >= 4 is 17.2 Å². The van der Waals surface area contributed by atoms with Crippen LogP contribution in [0.15, 0.2) is 36.0 Å². The van der Waals surface area contributed by atoms with Crippen molar-refractivity contribution in [3.63, 3.8) is 0 Å². The Balaban J connectivity index is 1.96. The Morgan fingerprint density at radius 2 is 2.22 bits per heavy atom. The van der Waals surface area contributed by atoms with E-state index in [-0.39, 0.29) is 12.5 Å². The number of thiophene rings is 1. The molecule has 8 heteroatoms. The summed E-state index contributed by atoms with van der Waals surface area (Å²) in [4.78, 5) is 24.5. The van der Waals surface area contributed by atoms with Gasteiger partial charge in [-0.1, -0.05) is 19.4 Å². The van der Waals surface area contributed by atoms with Crippen LogP contribution in [0, 0.1) is 0 Å². The Kier molecular flexibility index (Phi) is 6.31. The molecule has 0 aliphatic carbocycles. The molecule has 27 heavy (non-hydrogen) atoms. The van der Waals surface area contributed by atoms with Gasteiger partial charge >= 0.3 is 0 Å². The molecule has 0 aliphatic rings. The molecule has 0 radical (unpaired) electrons. The Hall–Kier alpha value is -2.58.